The van der Waals surface area contributed by atoms with Gasteiger partial charge in [0.05, 0.1) is 0 Å². The normalized spacial score (nSPS) is 13.6. The SMILES string of the molecule is Cc1cccc(-c2nc(C)c(Cc3ccccc3)c(N3CCN(C(=O)c4ccc(F)cc4)CC3)n2)c1. The molecule has 36 heavy (non-hydrogen) atoms. The number of anilines is 1. The van der Waals surface area contributed by atoms with Gasteiger partial charge < -0.3 is 9.80 Å². The van der Waals surface area contributed by atoms with Crippen LogP contribution in [0.25, 0.3) is 11.4 Å². The van der Waals surface area contributed by atoms with Gasteiger partial charge in [0, 0.05) is 55.0 Å². The molecule has 0 radical (unpaired) electrons. The van der Waals surface area contributed by atoms with Crippen molar-refractivity contribution in [2.75, 3.05) is 31.1 Å². The van der Waals surface area contributed by atoms with Crippen LogP contribution in [0.2, 0.25) is 0 Å². The average molecular weight is 481 g/mol. The number of rotatable bonds is 5. The molecule has 4 aromatic rings. The van der Waals surface area contributed by atoms with Gasteiger partial charge >= 0.3 is 0 Å². The number of amides is 1. The Morgan fingerprint density at radius 1 is 0.861 bits per heavy atom. The van der Waals surface area contributed by atoms with Gasteiger partial charge in [0.2, 0.25) is 0 Å². The van der Waals surface area contributed by atoms with E-state index in [2.05, 4.69) is 43.0 Å². The molecule has 5 nitrogen and oxygen atoms in total. The summed E-state index contributed by atoms with van der Waals surface area (Å²) in [7, 11) is 0. The van der Waals surface area contributed by atoms with Crippen molar-refractivity contribution in [1.29, 1.82) is 0 Å². The molecule has 3 aromatic carbocycles. The lowest BCUT2D eigenvalue weighted by atomic mass is 10.0. The third kappa shape index (κ3) is 5.13. The van der Waals surface area contributed by atoms with E-state index in [1.54, 1.807) is 12.1 Å². The van der Waals surface area contributed by atoms with Crippen molar-refractivity contribution in [3.63, 3.8) is 0 Å². The van der Waals surface area contributed by atoms with Crippen molar-refractivity contribution < 1.29 is 9.18 Å². The Bertz CT molecular complexity index is 1360. The lowest BCUT2D eigenvalue weighted by Gasteiger charge is -2.36. The minimum absolute atomic E-state index is 0.0709. The van der Waals surface area contributed by atoms with Crippen LogP contribution < -0.4 is 4.90 Å². The lowest BCUT2D eigenvalue weighted by molar-refractivity contribution is 0.0746. The fourth-order valence-electron chi connectivity index (χ4n) is 4.66. The quantitative estimate of drug-likeness (QED) is 0.381. The van der Waals surface area contributed by atoms with Crippen molar-refractivity contribution in [3.05, 3.63) is 113 Å². The van der Waals surface area contributed by atoms with Gasteiger partial charge in [0.1, 0.15) is 11.6 Å². The molecule has 0 N–H and O–H groups in total. The molecule has 2 heterocycles. The molecule has 182 valence electrons. The first-order valence-corrected chi connectivity index (χ1v) is 12.3. The molecule has 1 amide bonds. The highest BCUT2D eigenvalue weighted by atomic mass is 19.1. The van der Waals surface area contributed by atoms with E-state index >= 15 is 0 Å². The van der Waals surface area contributed by atoms with Crippen molar-refractivity contribution in [2.45, 2.75) is 20.3 Å². The Kier molecular flexibility index (Phi) is 6.76. The number of aryl methyl sites for hydroxylation is 2. The topological polar surface area (TPSA) is 49.3 Å². The molecule has 0 unspecified atom stereocenters. The van der Waals surface area contributed by atoms with Gasteiger partial charge in [-0.1, -0.05) is 54.1 Å². The minimum Gasteiger partial charge on any atom is -0.353 e. The highest BCUT2D eigenvalue weighted by Crippen LogP contribution is 2.29. The Balaban J connectivity index is 1.44. The van der Waals surface area contributed by atoms with Gasteiger partial charge in [-0.25, -0.2) is 14.4 Å². The average Bonchev–Trinajstić information content (AvgIpc) is 2.90. The first-order valence-electron chi connectivity index (χ1n) is 12.3. The number of aromatic nitrogens is 2. The van der Waals surface area contributed by atoms with E-state index in [9.17, 15) is 9.18 Å². The number of carbonyl (C=O) groups excluding carboxylic acids is 1. The fourth-order valence-corrected chi connectivity index (χ4v) is 4.66. The fraction of sp³-hybridized carbons (Fsp3) is 0.233. The van der Waals surface area contributed by atoms with E-state index in [0.717, 1.165) is 34.6 Å². The van der Waals surface area contributed by atoms with Crippen LogP contribution >= 0.6 is 0 Å². The Morgan fingerprint density at radius 2 is 1.58 bits per heavy atom. The van der Waals surface area contributed by atoms with Crippen LogP contribution in [0.4, 0.5) is 10.2 Å². The second-order valence-electron chi connectivity index (χ2n) is 9.25. The Labute approximate surface area is 211 Å². The lowest BCUT2D eigenvalue weighted by Crippen LogP contribution is -2.49. The molecule has 1 fully saturated rings. The number of hydrogen-bond acceptors (Lipinski definition) is 4. The van der Waals surface area contributed by atoms with E-state index in [1.165, 1.54) is 17.7 Å². The zero-order chi connectivity index (χ0) is 25.1. The molecule has 0 aliphatic carbocycles. The van der Waals surface area contributed by atoms with Gasteiger partial charge in [0.15, 0.2) is 5.82 Å². The van der Waals surface area contributed by atoms with Crippen LogP contribution in [0.15, 0.2) is 78.9 Å². The highest BCUT2D eigenvalue weighted by Gasteiger charge is 2.26. The van der Waals surface area contributed by atoms with Crippen LogP contribution in [0, 0.1) is 19.7 Å². The van der Waals surface area contributed by atoms with Crippen molar-refractivity contribution in [1.82, 2.24) is 14.9 Å². The summed E-state index contributed by atoms with van der Waals surface area (Å²) in [6.07, 6.45) is 0.741. The molecule has 1 saturated heterocycles. The molecule has 5 rings (SSSR count). The number of piperazine rings is 1. The summed E-state index contributed by atoms with van der Waals surface area (Å²) in [4.78, 5) is 27.0. The van der Waals surface area contributed by atoms with E-state index in [0.29, 0.717) is 37.6 Å². The van der Waals surface area contributed by atoms with Crippen molar-refractivity contribution >= 4 is 11.7 Å². The largest absolute Gasteiger partial charge is 0.353 e. The summed E-state index contributed by atoms with van der Waals surface area (Å²) < 4.78 is 13.3. The summed E-state index contributed by atoms with van der Waals surface area (Å²) in [5, 5.41) is 0. The number of hydrogen-bond donors (Lipinski definition) is 0. The Morgan fingerprint density at radius 3 is 2.28 bits per heavy atom. The maximum absolute atomic E-state index is 13.3. The third-order valence-corrected chi connectivity index (χ3v) is 6.65. The van der Waals surface area contributed by atoms with Crippen LogP contribution in [0.1, 0.15) is 32.7 Å². The zero-order valence-electron chi connectivity index (χ0n) is 20.6. The van der Waals surface area contributed by atoms with Gasteiger partial charge in [-0.05, 0) is 49.7 Å². The molecule has 1 aromatic heterocycles. The summed E-state index contributed by atoms with van der Waals surface area (Å²) >= 11 is 0. The van der Waals surface area contributed by atoms with E-state index in [1.807, 2.05) is 35.2 Å². The summed E-state index contributed by atoms with van der Waals surface area (Å²) in [6.45, 7) is 6.60. The van der Waals surface area contributed by atoms with Crippen molar-refractivity contribution in [3.8, 4) is 11.4 Å². The van der Waals surface area contributed by atoms with E-state index in [4.69, 9.17) is 9.97 Å². The molecular weight excluding hydrogens is 451 g/mol. The molecule has 0 spiro atoms. The van der Waals surface area contributed by atoms with Gasteiger partial charge in [-0.15, -0.1) is 0 Å². The predicted octanol–water partition coefficient (Wildman–Crippen LogP) is 5.45. The number of nitrogens with zero attached hydrogens (tertiary/aromatic N) is 4. The molecule has 1 aliphatic heterocycles. The predicted molar refractivity (Wildman–Crippen MR) is 141 cm³/mol. The van der Waals surface area contributed by atoms with Crippen LogP contribution in [-0.4, -0.2) is 47.0 Å². The van der Waals surface area contributed by atoms with Crippen LogP contribution in [0.5, 0.6) is 0 Å². The third-order valence-electron chi connectivity index (χ3n) is 6.65. The first kappa shape index (κ1) is 23.7. The maximum Gasteiger partial charge on any atom is 0.253 e. The second-order valence-corrected chi connectivity index (χ2v) is 9.25. The minimum atomic E-state index is -0.342. The first-order chi connectivity index (χ1) is 17.5. The summed E-state index contributed by atoms with van der Waals surface area (Å²) in [5.41, 5.74) is 5.95. The van der Waals surface area contributed by atoms with Crippen molar-refractivity contribution in [2.24, 2.45) is 0 Å². The number of benzene rings is 3. The molecule has 0 saturated carbocycles. The van der Waals surface area contributed by atoms with Gasteiger partial charge in [-0.3, -0.25) is 4.79 Å². The second kappa shape index (κ2) is 10.3. The monoisotopic (exact) mass is 480 g/mol. The highest BCUT2D eigenvalue weighted by molar-refractivity contribution is 5.94. The van der Waals surface area contributed by atoms with Gasteiger partial charge in [-0.2, -0.15) is 0 Å². The molecule has 0 atom stereocenters. The maximum atomic E-state index is 13.3. The van der Waals surface area contributed by atoms with Crippen LogP contribution in [0.3, 0.4) is 0 Å². The molecule has 0 bridgehead atoms. The van der Waals surface area contributed by atoms with Gasteiger partial charge in [0.25, 0.3) is 5.91 Å². The molecule has 1 aliphatic rings. The molecular formula is C30H29FN4O. The summed E-state index contributed by atoms with van der Waals surface area (Å²) in [5.74, 6) is 1.23. The van der Waals surface area contributed by atoms with E-state index in [-0.39, 0.29) is 11.7 Å². The number of carbonyl (C=O) groups is 1. The Hall–Kier alpha value is -4.06. The van der Waals surface area contributed by atoms with E-state index < -0.39 is 0 Å². The number of halogens is 1. The summed E-state index contributed by atoms with van der Waals surface area (Å²) in [6, 6.07) is 24.4. The zero-order valence-corrected chi connectivity index (χ0v) is 20.6. The standard InChI is InChI=1S/C30H29FN4O/c1-21-7-6-10-25(19-21)28-32-22(2)27(20-23-8-4-3-5-9-23)29(33-28)34-15-17-35(18-16-34)30(36)24-11-13-26(31)14-12-24/h3-14,19H,15-18,20H2,1-2H3. The molecule has 6 heteroatoms. The smallest absolute Gasteiger partial charge is 0.253 e. The van der Waals surface area contributed by atoms with Crippen LogP contribution in [-0.2, 0) is 6.42 Å².